The van der Waals surface area contributed by atoms with Gasteiger partial charge in [0.05, 0.1) is 0 Å². The van der Waals surface area contributed by atoms with Gasteiger partial charge in [-0.1, -0.05) is 78.1 Å². The molecule has 0 heteroatoms. The Kier molecular flexibility index (Phi) is 8.19. The quantitative estimate of drug-likeness (QED) is 0.406. The third-order valence-corrected chi connectivity index (χ3v) is 8.66. The van der Waals surface area contributed by atoms with Crippen molar-refractivity contribution >= 4 is 0 Å². The SMILES string of the molecule is CCCCC[C@H]1CCC[C@@H](C2CCC(C3CCC(CC)CC3)CC2)C1. The zero-order valence-electron chi connectivity index (χ0n) is 17.5. The molecular formula is C25H46. The van der Waals surface area contributed by atoms with Crippen LogP contribution < -0.4 is 0 Å². The van der Waals surface area contributed by atoms with Gasteiger partial charge in [0.1, 0.15) is 0 Å². The standard InChI is InChI=1S/C25H46/c1-3-5-6-8-21-9-7-10-25(19-21)24-17-15-23(16-18-24)22-13-11-20(4-2)12-14-22/h20-25H,3-19H2,1-2H3/t20?,21-,22?,23?,24?,25+/m0/s1. The maximum atomic E-state index is 2.40. The van der Waals surface area contributed by atoms with Crippen LogP contribution in [0.1, 0.15) is 123 Å². The topological polar surface area (TPSA) is 0 Å². The van der Waals surface area contributed by atoms with E-state index in [4.69, 9.17) is 0 Å². The van der Waals surface area contributed by atoms with Crippen molar-refractivity contribution in [3.63, 3.8) is 0 Å². The van der Waals surface area contributed by atoms with E-state index in [2.05, 4.69) is 13.8 Å². The maximum absolute atomic E-state index is 2.40. The Balaban J connectivity index is 1.38. The highest BCUT2D eigenvalue weighted by Gasteiger charge is 2.34. The van der Waals surface area contributed by atoms with Crippen LogP contribution in [0.15, 0.2) is 0 Å². The highest BCUT2D eigenvalue weighted by molar-refractivity contribution is 4.86. The van der Waals surface area contributed by atoms with E-state index in [1.165, 1.54) is 25.7 Å². The second-order valence-corrected chi connectivity index (χ2v) is 10.2. The van der Waals surface area contributed by atoms with E-state index in [0.29, 0.717) is 0 Å². The van der Waals surface area contributed by atoms with E-state index < -0.39 is 0 Å². The molecule has 3 fully saturated rings. The fraction of sp³-hybridized carbons (Fsp3) is 1.00. The number of hydrogen-bond donors (Lipinski definition) is 0. The van der Waals surface area contributed by atoms with Crippen LogP contribution in [-0.2, 0) is 0 Å². The van der Waals surface area contributed by atoms with Crippen molar-refractivity contribution in [2.75, 3.05) is 0 Å². The van der Waals surface area contributed by atoms with Crippen molar-refractivity contribution in [2.24, 2.45) is 35.5 Å². The van der Waals surface area contributed by atoms with Gasteiger partial charge in [0.2, 0.25) is 0 Å². The number of hydrogen-bond acceptors (Lipinski definition) is 0. The Morgan fingerprint density at radius 3 is 1.76 bits per heavy atom. The summed E-state index contributed by atoms with van der Waals surface area (Å²) in [7, 11) is 0. The summed E-state index contributed by atoms with van der Waals surface area (Å²) in [5.41, 5.74) is 0. The lowest BCUT2D eigenvalue weighted by Crippen LogP contribution is -2.30. The van der Waals surface area contributed by atoms with E-state index in [1.807, 2.05) is 0 Å². The first-order valence-corrected chi connectivity index (χ1v) is 12.3. The van der Waals surface area contributed by atoms with Gasteiger partial charge in [-0.2, -0.15) is 0 Å². The van der Waals surface area contributed by atoms with Gasteiger partial charge >= 0.3 is 0 Å². The summed E-state index contributed by atoms with van der Waals surface area (Å²) in [4.78, 5) is 0. The van der Waals surface area contributed by atoms with E-state index in [1.54, 1.807) is 83.5 Å². The van der Waals surface area contributed by atoms with E-state index in [-0.39, 0.29) is 0 Å². The van der Waals surface area contributed by atoms with Crippen molar-refractivity contribution in [1.82, 2.24) is 0 Å². The summed E-state index contributed by atoms with van der Waals surface area (Å²) in [5, 5.41) is 0. The van der Waals surface area contributed by atoms with Gasteiger partial charge in [-0.3, -0.25) is 0 Å². The van der Waals surface area contributed by atoms with Crippen molar-refractivity contribution in [3.8, 4) is 0 Å². The maximum Gasteiger partial charge on any atom is -0.0383 e. The van der Waals surface area contributed by atoms with Crippen LogP contribution >= 0.6 is 0 Å². The summed E-state index contributed by atoms with van der Waals surface area (Å²) in [5.74, 6) is 6.59. The Labute approximate surface area is 158 Å². The second kappa shape index (κ2) is 10.4. The fourth-order valence-electron chi connectivity index (χ4n) is 6.86. The van der Waals surface area contributed by atoms with E-state index >= 15 is 0 Å². The van der Waals surface area contributed by atoms with Gasteiger partial charge in [0.15, 0.2) is 0 Å². The van der Waals surface area contributed by atoms with Crippen molar-refractivity contribution < 1.29 is 0 Å². The molecule has 3 saturated carbocycles. The molecule has 2 atom stereocenters. The molecule has 146 valence electrons. The molecule has 0 amide bonds. The summed E-state index contributed by atoms with van der Waals surface area (Å²) in [6.45, 7) is 4.74. The molecule has 25 heavy (non-hydrogen) atoms. The van der Waals surface area contributed by atoms with Crippen LogP contribution in [0, 0.1) is 35.5 Å². The molecule has 0 aliphatic heterocycles. The predicted octanol–water partition coefficient (Wildman–Crippen LogP) is 8.40. The molecule has 0 bridgehead atoms. The van der Waals surface area contributed by atoms with Crippen LogP contribution in [0.3, 0.4) is 0 Å². The zero-order chi connectivity index (χ0) is 17.5. The summed E-state index contributed by atoms with van der Waals surface area (Å²) >= 11 is 0. The van der Waals surface area contributed by atoms with Gasteiger partial charge < -0.3 is 0 Å². The number of rotatable bonds is 7. The molecule has 3 aliphatic rings. The molecule has 0 saturated heterocycles. The first-order valence-electron chi connectivity index (χ1n) is 12.3. The Bertz CT molecular complexity index is 343. The third-order valence-electron chi connectivity index (χ3n) is 8.66. The number of unbranched alkanes of at least 4 members (excludes halogenated alkanes) is 2. The lowest BCUT2D eigenvalue weighted by atomic mass is 9.64. The molecule has 0 aromatic rings. The van der Waals surface area contributed by atoms with Gasteiger partial charge in [-0.05, 0) is 80.5 Å². The Morgan fingerprint density at radius 1 is 0.560 bits per heavy atom. The van der Waals surface area contributed by atoms with Gasteiger partial charge in [0, 0.05) is 0 Å². The molecule has 0 radical (unpaired) electrons. The average Bonchev–Trinajstić information content (AvgIpc) is 2.69. The molecule has 0 spiro atoms. The smallest absolute Gasteiger partial charge is 0.0383 e. The van der Waals surface area contributed by atoms with E-state index in [9.17, 15) is 0 Å². The van der Waals surface area contributed by atoms with Crippen LogP contribution in [0.25, 0.3) is 0 Å². The first kappa shape index (κ1) is 19.8. The molecule has 0 aromatic carbocycles. The largest absolute Gasteiger partial charge is 0.0654 e. The summed E-state index contributed by atoms with van der Waals surface area (Å²) in [6.07, 6.45) is 26.2. The van der Waals surface area contributed by atoms with Crippen LogP contribution in [0.2, 0.25) is 0 Å². The van der Waals surface area contributed by atoms with Crippen molar-refractivity contribution in [2.45, 2.75) is 123 Å². The molecule has 0 aromatic heterocycles. The third kappa shape index (κ3) is 5.74. The molecule has 0 heterocycles. The lowest BCUT2D eigenvalue weighted by Gasteiger charge is -2.41. The van der Waals surface area contributed by atoms with Crippen LogP contribution in [0.5, 0.6) is 0 Å². The Morgan fingerprint density at radius 2 is 1.16 bits per heavy atom. The fourth-order valence-corrected chi connectivity index (χ4v) is 6.86. The highest BCUT2D eigenvalue weighted by atomic mass is 14.4. The summed E-state index contributed by atoms with van der Waals surface area (Å²) in [6, 6.07) is 0. The van der Waals surface area contributed by atoms with Crippen molar-refractivity contribution in [3.05, 3.63) is 0 Å². The normalized spacial score (nSPS) is 40.1. The molecule has 3 rings (SSSR count). The molecular weight excluding hydrogens is 300 g/mol. The average molecular weight is 347 g/mol. The molecule has 3 aliphatic carbocycles. The van der Waals surface area contributed by atoms with Crippen LogP contribution in [-0.4, -0.2) is 0 Å². The minimum absolute atomic E-state index is 1.07. The van der Waals surface area contributed by atoms with Gasteiger partial charge in [-0.25, -0.2) is 0 Å². The van der Waals surface area contributed by atoms with Gasteiger partial charge in [-0.15, -0.1) is 0 Å². The van der Waals surface area contributed by atoms with Crippen LogP contribution in [0.4, 0.5) is 0 Å². The zero-order valence-corrected chi connectivity index (χ0v) is 17.5. The summed E-state index contributed by atoms with van der Waals surface area (Å²) < 4.78 is 0. The first-order chi connectivity index (χ1) is 12.3. The molecule has 0 unspecified atom stereocenters. The molecule has 0 N–H and O–H groups in total. The lowest BCUT2D eigenvalue weighted by molar-refractivity contribution is 0.0988. The molecule has 0 nitrogen and oxygen atoms in total. The second-order valence-electron chi connectivity index (χ2n) is 10.2. The highest BCUT2D eigenvalue weighted by Crippen LogP contribution is 2.46. The van der Waals surface area contributed by atoms with Gasteiger partial charge in [0.25, 0.3) is 0 Å². The minimum Gasteiger partial charge on any atom is -0.0654 e. The van der Waals surface area contributed by atoms with E-state index in [0.717, 1.165) is 35.5 Å². The van der Waals surface area contributed by atoms with Crippen molar-refractivity contribution in [1.29, 1.82) is 0 Å². The Hall–Kier alpha value is 0. The monoisotopic (exact) mass is 346 g/mol. The minimum atomic E-state index is 1.07. The predicted molar refractivity (Wildman–Crippen MR) is 111 cm³/mol.